The molecule has 13 heteroatoms. The molecule has 1 fully saturated rings. The van der Waals surface area contributed by atoms with Gasteiger partial charge in [-0.1, -0.05) is 0 Å². The van der Waals surface area contributed by atoms with Crippen LogP contribution >= 0.6 is 0 Å². The molecule has 0 aromatic heterocycles. The molecular formula is C15H24N6O7. The van der Waals surface area contributed by atoms with E-state index < -0.39 is 73.0 Å². The van der Waals surface area contributed by atoms with Gasteiger partial charge in [0.1, 0.15) is 12.1 Å². The third-order valence-corrected chi connectivity index (χ3v) is 3.88. The van der Waals surface area contributed by atoms with Crippen LogP contribution < -0.4 is 32.7 Å². The van der Waals surface area contributed by atoms with Crippen LogP contribution in [0.15, 0.2) is 0 Å². The standard InChI is InChI=1S/C15H24N6O7/c16-10(22)4-8(21-14(26)7-2-1-3-18-7)13(25)19-6-12(24)20-9(15(27)28)5-11(17)23/h7-9,18H,1-6H2,(H2,16,22)(H2,17,23)(H,19,25)(H,20,24)(H,21,26)(H,27,28). The van der Waals surface area contributed by atoms with Gasteiger partial charge in [-0.2, -0.15) is 0 Å². The molecule has 1 rings (SSSR count). The maximum atomic E-state index is 12.2. The molecule has 13 nitrogen and oxygen atoms in total. The molecule has 156 valence electrons. The second-order valence-corrected chi connectivity index (χ2v) is 6.23. The Morgan fingerprint density at radius 2 is 1.61 bits per heavy atom. The lowest BCUT2D eigenvalue weighted by molar-refractivity contribution is -0.143. The molecule has 5 amide bonds. The zero-order valence-corrected chi connectivity index (χ0v) is 15.0. The summed E-state index contributed by atoms with van der Waals surface area (Å²) in [6.07, 6.45) is 0.270. The molecule has 0 aromatic carbocycles. The van der Waals surface area contributed by atoms with Gasteiger partial charge in [-0.15, -0.1) is 0 Å². The van der Waals surface area contributed by atoms with Crippen LogP contribution in [0.4, 0.5) is 0 Å². The largest absolute Gasteiger partial charge is 0.480 e. The van der Waals surface area contributed by atoms with Crippen molar-refractivity contribution in [3.8, 4) is 0 Å². The fourth-order valence-corrected chi connectivity index (χ4v) is 2.53. The highest BCUT2D eigenvalue weighted by Gasteiger charge is 2.29. The lowest BCUT2D eigenvalue weighted by atomic mass is 10.1. The van der Waals surface area contributed by atoms with Crippen LogP contribution in [0.2, 0.25) is 0 Å². The molecule has 1 aliphatic heterocycles. The van der Waals surface area contributed by atoms with Gasteiger partial charge in [0, 0.05) is 0 Å². The van der Waals surface area contributed by atoms with E-state index in [-0.39, 0.29) is 0 Å². The Hall–Kier alpha value is -3.22. The molecular weight excluding hydrogens is 376 g/mol. The van der Waals surface area contributed by atoms with Crippen molar-refractivity contribution in [1.29, 1.82) is 0 Å². The summed E-state index contributed by atoms with van der Waals surface area (Å²) in [7, 11) is 0. The average molecular weight is 400 g/mol. The average Bonchev–Trinajstić information content (AvgIpc) is 3.12. The Labute approximate surface area is 159 Å². The number of aliphatic carboxylic acids is 1. The molecule has 28 heavy (non-hydrogen) atoms. The Kier molecular flexibility index (Phi) is 8.81. The maximum absolute atomic E-state index is 12.2. The number of hydrogen-bond acceptors (Lipinski definition) is 7. The molecule has 3 atom stereocenters. The van der Waals surface area contributed by atoms with E-state index in [2.05, 4.69) is 16.0 Å². The quantitative estimate of drug-likeness (QED) is 0.179. The van der Waals surface area contributed by atoms with Gasteiger partial charge in [0.2, 0.25) is 29.5 Å². The van der Waals surface area contributed by atoms with Crippen LogP contribution in [-0.2, 0) is 28.8 Å². The minimum Gasteiger partial charge on any atom is -0.480 e. The number of carbonyl (C=O) groups is 6. The van der Waals surface area contributed by atoms with E-state index in [9.17, 15) is 28.8 Å². The Morgan fingerprint density at radius 3 is 2.11 bits per heavy atom. The van der Waals surface area contributed by atoms with Gasteiger partial charge in [-0.25, -0.2) is 4.79 Å². The second kappa shape index (κ2) is 10.8. The summed E-state index contributed by atoms with van der Waals surface area (Å²) in [6, 6.07) is -3.32. The van der Waals surface area contributed by atoms with Crippen molar-refractivity contribution in [3.05, 3.63) is 0 Å². The smallest absolute Gasteiger partial charge is 0.326 e. The lowest BCUT2D eigenvalue weighted by Gasteiger charge is -2.20. The van der Waals surface area contributed by atoms with Gasteiger partial charge >= 0.3 is 5.97 Å². The molecule has 1 heterocycles. The summed E-state index contributed by atoms with van der Waals surface area (Å²) < 4.78 is 0. The van der Waals surface area contributed by atoms with Crippen molar-refractivity contribution < 1.29 is 33.9 Å². The van der Waals surface area contributed by atoms with Crippen LogP contribution in [0, 0.1) is 0 Å². The van der Waals surface area contributed by atoms with E-state index >= 15 is 0 Å². The molecule has 0 radical (unpaired) electrons. The predicted octanol–water partition coefficient (Wildman–Crippen LogP) is -4.34. The molecule has 0 spiro atoms. The van der Waals surface area contributed by atoms with Gasteiger partial charge in [0.15, 0.2) is 0 Å². The van der Waals surface area contributed by atoms with Crippen LogP contribution in [0.5, 0.6) is 0 Å². The Morgan fingerprint density at radius 1 is 1.00 bits per heavy atom. The summed E-state index contributed by atoms with van der Waals surface area (Å²) in [5.41, 5.74) is 9.99. The SMILES string of the molecule is NC(=O)CC(NC(=O)CNC(=O)C(CC(N)=O)NC(=O)C1CCCN1)C(=O)O. The van der Waals surface area contributed by atoms with Crippen molar-refractivity contribution in [2.45, 2.75) is 43.8 Å². The zero-order chi connectivity index (χ0) is 21.3. The normalized spacial score (nSPS) is 17.8. The first-order valence-corrected chi connectivity index (χ1v) is 8.50. The van der Waals surface area contributed by atoms with E-state index in [4.69, 9.17) is 16.6 Å². The fraction of sp³-hybridized carbons (Fsp3) is 0.600. The number of nitrogens with two attached hydrogens (primary N) is 2. The topological polar surface area (TPSA) is 223 Å². The first-order chi connectivity index (χ1) is 13.1. The van der Waals surface area contributed by atoms with Crippen LogP contribution in [0.1, 0.15) is 25.7 Å². The Balaban J connectivity index is 2.59. The summed E-state index contributed by atoms with van der Waals surface area (Å²) in [5, 5.41) is 18.5. The molecule has 1 aliphatic rings. The predicted molar refractivity (Wildman–Crippen MR) is 93.2 cm³/mol. The zero-order valence-electron chi connectivity index (χ0n) is 15.0. The van der Waals surface area contributed by atoms with Gasteiger partial charge < -0.3 is 37.8 Å². The number of nitrogens with one attached hydrogen (secondary N) is 4. The highest BCUT2D eigenvalue weighted by molar-refractivity contribution is 5.95. The van der Waals surface area contributed by atoms with Crippen molar-refractivity contribution in [2.24, 2.45) is 11.5 Å². The molecule has 0 aliphatic carbocycles. The van der Waals surface area contributed by atoms with Crippen molar-refractivity contribution >= 4 is 35.5 Å². The molecule has 3 unspecified atom stereocenters. The first-order valence-electron chi connectivity index (χ1n) is 8.50. The number of carboxylic acid groups (broad SMARTS) is 1. The molecule has 0 aromatic rings. The van der Waals surface area contributed by atoms with Crippen LogP contribution in [0.25, 0.3) is 0 Å². The van der Waals surface area contributed by atoms with E-state index in [0.29, 0.717) is 13.0 Å². The minimum absolute atomic E-state index is 0.476. The number of primary amides is 2. The number of carbonyl (C=O) groups excluding carboxylic acids is 5. The van der Waals surface area contributed by atoms with Gasteiger partial charge in [0.25, 0.3) is 0 Å². The number of amides is 5. The van der Waals surface area contributed by atoms with E-state index in [1.165, 1.54) is 0 Å². The van der Waals surface area contributed by atoms with Gasteiger partial charge in [-0.05, 0) is 19.4 Å². The van der Waals surface area contributed by atoms with Crippen LogP contribution in [-0.4, -0.2) is 71.8 Å². The summed E-state index contributed by atoms with van der Waals surface area (Å²) in [4.78, 5) is 69.1. The third kappa shape index (κ3) is 7.99. The number of hydrogen-bond donors (Lipinski definition) is 7. The van der Waals surface area contributed by atoms with E-state index in [0.717, 1.165) is 6.42 Å². The third-order valence-electron chi connectivity index (χ3n) is 3.88. The molecule has 0 saturated carbocycles. The molecule has 9 N–H and O–H groups in total. The van der Waals surface area contributed by atoms with Crippen molar-refractivity contribution in [2.75, 3.05) is 13.1 Å². The minimum atomic E-state index is -1.54. The fourth-order valence-electron chi connectivity index (χ4n) is 2.53. The second-order valence-electron chi connectivity index (χ2n) is 6.23. The summed E-state index contributed by atoms with van der Waals surface area (Å²) >= 11 is 0. The van der Waals surface area contributed by atoms with Gasteiger partial charge in [-0.3, -0.25) is 24.0 Å². The summed E-state index contributed by atoms with van der Waals surface area (Å²) in [5.74, 6) is -5.46. The van der Waals surface area contributed by atoms with Gasteiger partial charge in [0.05, 0.1) is 25.4 Å². The first kappa shape index (κ1) is 22.8. The maximum Gasteiger partial charge on any atom is 0.326 e. The highest BCUT2D eigenvalue weighted by Crippen LogP contribution is 2.05. The summed E-state index contributed by atoms with van der Waals surface area (Å²) in [6.45, 7) is 0.00910. The molecule has 1 saturated heterocycles. The lowest BCUT2D eigenvalue weighted by Crippen LogP contribution is -2.54. The highest BCUT2D eigenvalue weighted by atomic mass is 16.4. The van der Waals surface area contributed by atoms with Crippen molar-refractivity contribution in [1.82, 2.24) is 21.3 Å². The van der Waals surface area contributed by atoms with E-state index in [1.54, 1.807) is 0 Å². The molecule has 0 bridgehead atoms. The van der Waals surface area contributed by atoms with Crippen LogP contribution in [0.3, 0.4) is 0 Å². The van der Waals surface area contributed by atoms with Crippen molar-refractivity contribution in [3.63, 3.8) is 0 Å². The monoisotopic (exact) mass is 400 g/mol. The number of carboxylic acids is 1. The Bertz CT molecular complexity index is 647. The number of rotatable bonds is 11. The van der Waals surface area contributed by atoms with E-state index in [1.807, 2.05) is 5.32 Å².